The van der Waals surface area contributed by atoms with Gasteiger partial charge >= 0.3 is 0 Å². The lowest BCUT2D eigenvalue weighted by atomic mass is 10.00. The highest BCUT2D eigenvalue weighted by atomic mass is 14.7. The number of anilines is 1. The van der Waals surface area contributed by atoms with Gasteiger partial charge in [-0.3, -0.25) is 0 Å². The minimum Gasteiger partial charge on any atom is -0.398 e. The number of rotatable bonds is 3. The molecule has 0 heterocycles. The first-order chi connectivity index (χ1) is 6.69. The fourth-order valence-electron chi connectivity index (χ4n) is 1.45. The summed E-state index contributed by atoms with van der Waals surface area (Å²) >= 11 is 0. The zero-order chi connectivity index (χ0) is 10.6. The van der Waals surface area contributed by atoms with Gasteiger partial charge in [-0.15, -0.1) is 0 Å². The Kier molecular flexibility index (Phi) is 3.49. The third-order valence-electron chi connectivity index (χ3n) is 2.22. The second-order valence-corrected chi connectivity index (χ2v) is 3.35. The molecule has 3 nitrogen and oxygen atoms in total. The molecule has 0 unspecified atom stereocenters. The van der Waals surface area contributed by atoms with E-state index in [4.69, 9.17) is 16.7 Å². The van der Waals surface area contributed by atoms with Gasteiger partial charge in [0.05, 0.1) is 11.6 Å². The van der Waals surface area contributed by atoms with E-state index in [2.05, 4.69) is 6.92 Å². The van der Waals surface area contributed by atoms with E-state index in [0.717, 1.165) is 18.4 Å². The summed E-state index contributed by atoms with van der Waals surface area (Å²) in [5.41, 5.74) is 13.9. The van der Waals surface area contributed by atoms with Crippen LogP contribution in [0.2, 0.25) is 0 Å². The third kappa shape index (κ3) is 2.24. The van der Waals surface area contributed by atoms with Crippen molar-refractivity contribution in [2.75, 3.05) is 5.73 Å². The molecule has 14 heavy (non-hydrogen) atoms. The van der Waals surface area contributed by atoms with Crippen molar-refractivity contribution >= 4 is 5.69 Å². The monoisotopic (exact) mass is 189 g/mol. The minimum atomic E-state index is -0.0206. The van der Waals surface area contributed by atoms with Crippen LogP contribution in [0.15, 0.2) is 18.2 Å². The smallest absolute Gasteiger partial charge is 0.0992 e. The fraction of sp³-hybridized carbons (Fsp3) is 0.364. The van der Waals surface area contributed by atoms with Crippen LogP contribution in [0.5, 0.6) is 0 Å². The van der Waals surface area contributed by atoms with Crippen molar-refractivity contribution in [3.63, 3.8) is 0 Å². The summed E-state index contributed by atoms with van der Waals surface area (Å²) in [7, 11) is 0. The molecular weight excluding hydrogens is 174 g/mol. The van der Waals surface area contributed by atoms with Crippen LogP contribution in [0.1, 0.15) is 36.9 Å². The number of hydrogen-bond acceptors (Lipinski definition) is 3. The quantitative estimate of drug-likeness (QED) is 0.713. The molecule has 0 fully saturated rings. The van der Waals surface area contributed by atoms with Gasteiger partial charge < -0.3 is 11.5 Å². The Morgan fingerprint density at radius 3 is 2.71 bits per heavy atom. The Balaban J connectivity index is 2.95. The average molecular weight is 189 g/mol. The minimum absolute atomic E-state index is 0.0206. The molecular formula is C11H15N3. The summed E-state index contributed by atoms with van der Waals surface area (Å²) in [6, 6.07) is 7.29. The molecule has 0 radical (unpaired) electrons. The molecule has 1 aromatic carbocycles. The van der Waals surface area contributed by atoms with E-state index in [1.165, 1.54) is 0 Å². The predicted molar refractivity (Wildman–Crippen MR) is 57.4 cm³/mol. The normalized spacial score (nSPS) is 12.1. The Hall–Kier alpha value is -1.53. The van der Waals surface area contributed by atoms with Gasteiger partial charge in [-0.05, 0) is 24.1 Å². The van der Waals surface area contributed by atoms with Crippen LogP contribution in [0.4, 0.5) is 5.69 Å². The zero-order valence-electron chi connectivity index (χ0n) is 8.33. The first kappa shape index (κ1) is 10.6. The van der Waals surface area contributed by atoms with E-state index in [1.54, 1.807) is 12.1 Å². The average Bonchev–Trinajstić information content (AvgIpc) is 2.17. The molecule has 0 amide bonds. The Morgan fingerprint density at radius 1 is 1.50 bits per heavy atom. The van der Waals surface area contributed by atoms with E-state index < -0.39 is 0 Å². The second kappa shape index (κ2) is 4.64. The van der Waals surface area contributed by atoms with Gasteiger partial charge in [0.1, 0.15) is 0 Å². The van der Waals surface area contributed by atoms with Crippen molar-refractivity contribution in [3.8, 4) is 6.07 Å². The van der Waals surface area contributed by atoms with E-state index in [1.807, 2.05) is 12.1 Å². The number of nitrogen functional groups attached to an aromatic ring is 1. The highest BCUT2D eigenvalue weighted by molar-refractivity contribution is 5.53. The van der Waals surface area contributed by atoms with E-state index in [-0.39, 0.29) is 6.04 Å². The molecule has 0 aliphatic heterocycles. The van der Waals surface area contributed by atoms with Gasteiger partial charge in [-0.2, -0.15) is 5.26 Å². The first-order valence-corrected chi connectivity index (χ1v) is 4.74. The fourth-order valence-corrected chi connectivity index (χ4v) is 1.45. The SMILES string of the molecule is CCC[C@@H](N)c1ccc(C#N)cc1N. The maximum Gasteiger partial charge on any atom is 0.0992 e. The summed E-state index contributed by atoms with van der Waals surface area (Å²) in [5, 5.41) is 8.66. The molecule has 1 aromatic rings. The Labute approximate surface area is 84.3 Å². The lowest BCUT2D eigenvalue weighted by molar-refractivity contribution is 0.640. The molecule has 4 N–H and O–H groups in total. The predicted octanol–water partition coefficient (Wildman–Crippen LogP) is 1.94. The number of nitrogens with two attached hydrogens (primary N) is 2. The van der Waals surface area contributed by atoms with Gasteiger partial charge in [0, 0.05) is 11.7 Å². The van der Waals surface area contributed by atoms with Crippen molar-refractivity contribution in [1.29, 1.82) is 5.26 Å². The Bertz CT molecular complexity index is 352. The number of benzene rings is 1. The summed E-state index contributed by atoms with van der Waals surface area (Å²) in [6.45, 7) is 2.08. The third-order valence-corrected chi connectivity index (χ3v) is 2.22. The van der Waals surface area contributed by atoms with Gasteiger partial charge in [0.2, 0.25) is 0 Å². The maximum absolute atomic E-state index is 8.66. The van der Waals surface area contributed by atoms with Crippen LogP contribution in [0.3, 0.4) is 0 Å². The highest BCUT2D eigenvalue weighted by Gasteiger charge is 2.08. The summed E-state index contributed by atoms with van der Waals surface area (Å²) in [6.07, 6.45) is 1.94. The summed E-state index contributed by atoms with van der Waals surface area (Å²) < 4.78 is 0. The standard InChI is InChI=1S/C11H15N3/c1-2-3-10(13)9-5-4-8(7-12)6-11(9)14/h4-6,10H,2-3,13-14H2,1H3/t10-/m1/s1. The molecule has 0 spiro atoms. The number of hydrogen-bond donors (Lipinski definition) is 2. The van der Waals surface area contributed by atoms with Crippen molar-refractivity contribution in [1.82, 2.24) is 0 Å². The number of nitriles is 1. The van der Waals surface area contributed by atoms with E-state index >= 15 is 0 Å². The van der Waals surface area contributed by atoms with Crippen LogP contribution >= 0.6 is 0 Å². The van der Waals surface area contributed by atoms with E-state index in [9.17, 15) is 0 Å². The molecule has 3 heteroatoms. The number of nitrogens with zero attached hydrogens (tertiary/aromatic N) is 1. The largest absolute Gasteiger partial charge is 0.398 e. The van der Waals surface area contributed by atoms with Crippen LogP contribution in [-0.2, 0) is 0 Å². The van der Waals surface area contributed by atoms with Crippen LogP contribution in [-0.4, -0.2) is 0 Å². The highest BCUT2D eigenvalue weighted by Crippen LogP contribution is 2.22. The molecule has 0 aliphatic rings. The summed E-state index contributed by atoms with van der Waals surface area (Å²) in [4.78, 5) is 0. The molecule has 0 saturated carbocycles. The Morgan fingerprint density at radius 2 is 2.21 bits per heavy atom. The topological polar surface area (TPSA) is 75.8 Å². The van der Waals surface area contributed by atoms with E-state index in [0.29, 0.717) is 11.3 Å². The van der Waals surface area contributed by atoms with Crippen molar-refractivity contribution in [2.45, 2.75) is 25.8 Å². The molecule has 0 bridgehead atoms. The van der Waals surface area contributed by atoms with Crippen molar-refractivity contribution in [3.05, 3.63) is 29.3 Å². The first-order valence-electron chi connectivity index (χ1n) is 4.74. The summed E-state index contributed by atoms with van der Waals surface area (Å²) in [5.74, 6) is 0. The molecule has 1 atom stereocenters. The van der Waals surface area contributed by atoms with Crippen molar-refractivity contribution in [2.24, 2.45) is 5.73 Å². The molecule has 0 saturated heterocycles. The van der Waals surface area contributed by atoms with Gasteiger partial charge in [0.25, 0.3) is 0 Å². The van der Waals surface area contributed by atoms with Gasteiger partial charge in [-0.25, -0.2) is 0 Å². The lowest BCUT2D eigenvalue weighted by Gasteiger charge is -2.13. The molecule has 0 aliphatic carbocycles. The maximum atomic E-state index is 8.66. The lowest BCUT2D eigenvalue weighted by Crippen LogP contribution is -2.12. The molecule has 1 rings (SSSR count). The van der Waals surface area contributed by atoms with Gasteiger partial charge in [0.15, 0.2) is 0 Å². The van der Waals surface area contributed by atoms with Crippen LogP contribution in [0, 0.1) is 11.3 Å². The zero-order valence-corrected chi connectivity index (χ0v) is 8.33. The molecule has 0 aromatic heterocycles. The van der Waals surface area contributed by atoms with Gasteiger partial charge in [-0.1, -0.05) is 19.4 Å². The molecule has 74 valence electrons. The van der Waals surface area contributed by atoms with Crippen LogP contribution in [0.25, 0.3) is 0 Å². The van der Waals surface area contributed by atoms with Crippen molar-refractivity contribution < 1.29 is 0 Å². The van der Waals surface area contributed by atoms with Crippen LogP contribution < -0.4 is 11.5 Å². The second-order valence-electron chi connectivity index (χ2n) is 3.35.